The SMILES string of the molecule is Nc1cc(C(=O)Nc2cccc(Cl)c2F)ccc1Cl. The van der Waals surface area contributed by atoms with E-state index < -0.39 is 11.7 Å². The third-order valence-corrected chi connectivity index (χ3v) is 3.09. The van der Waals surface area contributed by atoms with Gasteiger partial charge < -0.3 is 11.1 Å². The quantitative estimate of drug-likeness (QED) is 0.824. The van der Waals surface area contributed by atoms with Crippen LogP contribution in [0.1, 0.15) is 10.4 Å². The summed E-state index contributed by atoms with van der Waals surface area (Å²) in [7, 11) is 0. The molecule has 1 amide bonds. The van der Waals surface area contributed by atoms with E-state index in [9.17, 15) is 9.18 Å². The van der Waals surface area contributed by atoms with Crippen molar-refractivity contribution < 1.29 is 9.18 Å². The Kier molecular flexibility index (Phi) is 3.93. The van der Waals surface area contributed by atoms with Gasteiger partial charge in [-0.15, -0.1) is 0 Å². The second-order valence-corrected chi connectivity index (χ2v) is 4.61. The Morgan fingerprint density at radius 2 is 1.89 bits per heavy atom. The maximum absolute atomic E-state index is 13.6. The molecular weight excluding hydrogens is 290 g/mol. The molecule has 3 N–H and O–H groups in total. The number of anilines is 2. The van der Waals surface area contributed by atoms with Crippen LogP contribution in [0.5, 0.6) is 0 Å². The molecule has 0 fully saturated rings. The molecule has 2 aromatic carbocycles. The first-order chi connectivity index (χ1) is 8.99. The smallest absolute Gasteiger partial charge is 0.255 e. The second-order valence-electron chi connectivity index (χ2n) is 3.79. The fraction of sp³-hybridized carbons (Fsp3) is 0. The lowest BCUT2D eigenvalue weighted by atomic mass is 10.2. The fourth-order valence-electron chi connectivity index (χ4n) is 1.48. The van der Waals surface area contributed by atoms with E-state index in [1.165, 1.54) is 36.4 Å². The molecule has 0 aliphatic rings. The van der Waals surface area contributed by atoms with Gasteiger partial charge >= 0.3 is 0 Å². The van der Waals surface area contributed by atoms with Crippen LogP contribution in [-0.4, -0.2) is 5.91 Å². The van der Waals surface area contributed by atoms with Crippen molar-refractivity contribution in [1.29, 1.82) is 0 Å². The summed E-state index contributed by atoms with van der Waals surface area (Å²) in [6, 6.07) is 8.76. The Morgan fingerprint density at radius 1 is 1.16 bits per heavy atom. The second kappa shape index (κ2) is 5.47. The van der Waals surface area contributed by atoms with E-state index in [0.29, 0.717) is 5.02 Å². The highest BCUT2D eigenvalue weighted by atomic mass is 35.5. The lowest BCUT2D eigenvalue weighted by Crippen LogP contribution is -2.13. The van der Waals surface area contributed by atoms with E-state index in [-0.39, 0.29) is 22.0 Å². The zero-order valence-corrected chi connectivity index (χ0v) is 11.1. The van der Waals surface area contributed by atoms with Crippen molar-refractivity contribution in [1.82, 2.24) is 0 Å². The van der Waals surface area contributed by atoms with Crippen molar-refractivity contribution in [2.75, 3.05) is 11.1 Å². The summed E-state index contributed by atoms with van der Waals surface area (Å²) in [5, 5.41) is 2.71. The van der Waals surface area contributed by atoms with Gasteiger partial charge in [-0.1, -0.05) is 29.3 Å². The summed E-state index contributed by atoms with van der Waals surface area (Å²) < 4.78 is 13.6. The number of benzene rings is 2. The van der Waals surface area contributed by atoms with Gasteiger partial charge in [0.25, 0.3) is 5.91 Å². The first-order valence-corrected chi connectivity index (χ1v) is 6.05. The fourth-order valence-corrected chi connectivity index (χ4v) is 1.77. The monoisotopic (exact) mass is 298 g/mol. The van der Waals surface area contributed by atoms with Crippen molar-refractivity contribution in [3.63, 3.8) is 0 Å². The van der Waals surface area contributed by atoms with Gasteiger partial charge in [-0.25, -0.2) is 4.39 Å². The summed E-state index contributed by atoms with van der Waals surface area (Å²) in [6.07, 6.45) is 0. The minimum absolute atomic E-state index is 0.00558. The van der Waals surface area contributed by atoms with Crippen molar-refractivity contribution in [3.8, 4) is 0 Å². The van der Waals surface area contributed by atoms with Gasteiger partial charge in [0.05, 0.1) is 21.4 Å². The number of carbonyl (C=O) groups excluding carboxylic acids is 1. The summed E-state index contributed by atoms with van der Waals surface area (Å²) in [5.41, 5.74) is 6.16. The van der Waals surface area contributed by atoms with Gasteiger partial charge in [0.2, 0.25) is 0 Å². The molecule has 98 valence electrons. The van der Waals surface area contributed by atoms with Gasteiger partial charge in [-0.2, -0.15) is 0 Å². The van der Waals surface area contributed by atoms with Crippen LogP contribution in [0.25, 0.3) is 0 Å². The molecule has 0 saturated heterocycles. The molecule has 0 spiro atoms. The van der Waals surface area contributed by atoms with Gasteiger partial charge in [0.1, 0.15) is 0 Å². The van der Waals surface area contributed by atoms with Crippen LogP contribution < -0.4 is 11.1 Å². The van der Waals surface area contributed by atoms with E-state index in [0.717, 1.165) is 0 Å². The zero-order chi connectivity index (χ0) is 14.0. The van der Waals surface area contributed by atoms with Crippen molar-refractivity contribution >= 4 is 40.5 Å². The number of hydrogen-bond acceptors (Lipinski definition) is 2. The maximum Gasteiger partial charge on any atom is 0.255 e. The predicted molar refractivity (Wildman–Crippen MR) is 75.2 cm³/mol. The summed E-state index contributed by atoms with van der Waals surface area (Å²) >= 11 is 11.4. The van der Waals surface area contributed by atoms with E-state index >= 15 is 0 Å². The molecule has 19 heavy (non-hydrogen) atoms. The van der Waals surface area contributed by atoms with Gasteiger partial charge in [0.15, 0.2) is 5.82 Å². The molecule has 0 heterocycles. The standard InChI is InChI=1S/C13H9Cl2FN2O/c14-8-5-4-7(6-10(8)17)13(19)18-11-3-1-2-9(15)12(11)16/h1-6H,17H2,(H,18,19). The van der Waals surface area contributed by atoms with Crippen molar-refractivity contribution in [2.24, 2.45) is 0 Å². The number of nitrogens with two attached hydrogens (primary N) is 1. The number of nitrogens with one attached hydrogen (secondary N) is 1. The number of rotatable bonds is 2. The lowest BCUT2D eigenvalue weighted by molar-refractivity contribution is 0.102. The molecule has 0 radical (unpaired) electrons. The van der Waals surface area contributed by atoms with Crippen molar-refractivity contribution in [2.45, 2.75) is 0 Å². The predicted octanol–water partition coefficient (Wildman–Crippen LogP) is 3.97. The number of amides is 1. The van der Waals surface area contributed by atoms with Gasteiger partial charge in [-0.05, 0) is 30.3 Å². The van der Waals surface area contributed by atoms with Crippen LogP contribution in [0.15, 0.2) is 36.4 Å². The largest absolute Gasteiger partial charge is 0.398 e. The van der Waals surface area contributed by atoms with Crippen LogP contribution in [0.2, 0.25) is 10.0 Å². The molecule has 0 bridgehead atoms. The van der Waals surface area contributed by atoms with Crippen molar-refractivity contribution in [3.05, 3.63) is 57.8 Å². The van der Waals surface area contributed by atoms with E-state index in [4.69, 9.17) is 28.9 Å². The average molecular weight is 299 g/mol. The topological polar surface area (TPSA) is 55.1 Å². The number of hydrogen-bond donors (Lipinski definition) is 2. The molecule has 0 unspecified atom stereocenters. The molecule has 0 aliphatic carbocycles. The van der Waals surface area contributed by atoms with E-state index in [1.807, 2.05) is 0 Å². The minimum Gasteiger partial charge on any atom is -0.398 e. The molecule has 0 aromatic heterocycles. The highest BCUT2D eigenvalue weighted by Crippen LogP contribution is 2.24. The molecule has 6 heteroatoms. The lowest BCUT2D eigenvalue weighted by Gasteiger charge is -2.08. The third-order valence-electron chi connectivity index (χ3n) is 2.46. The highest BCUT2D eigenvalue weighted by Gasteiger charge is 2.12. The Labute approximate surface area is 119 Å². The summed E-state index contributed by atoms with van der Waals surface area (Å²) in [5.74, 6) is -1.18. The zero-order valence-electron chi connectivity index (χ0n) is 9.58. The Hall–Kier alpha value is -1.78. The minimum atomic E-state index is -0.681. The molecule has 0 aliphatic heterocycles. The Bertz CT molecular complexity index is 647. The number of halogens is 3. The van der Waals surface area contributed by atoms with Crippen LogP contribution in [0, 0.1) is 5.82 Å². The van der Waals surface area contributed by atoms with E-state index in [1.54, 1.807) is 0 Å². The normalized spacial score (nSPS) is 10.3. The van der Waals surface area contributed by atoms with Crippen LogP contribution >= 0.6 is 23.2 Å². The molecule has 0 saturated carbocycles. The first kappa shape index (κ1) is 13.6. The molecule has 0 atom stereocenters. The highest BCUT2D eigenvalue weighted by molar-refractivity contribution is 6.33. The summed E-state index contributed by atoms with van der Waals surface area (Å²) in [6.45, 7) is 0. The summed E-state index contributed by atoms with van der Waals surface area (Å²) in [4.78, 5) is 11.9. The average Bonchev–Trinajstić information content (AvgIpc) is 2.38. The third kappa shape index (κ3) is 2.97. The van der Waals surface area contributed by atoms with Gasteiger partial charge in [0, 0.05) is 5.56 Å². The molecule has 3 nitrogen and oxygen atoms in total. The van der Waals surface area contributed by atoms with Crippen LogP contribution in [0.3, 0.4) is 0 Å². The van der Waals surface area contributed by atoms with Crippen LogP contribution in [-0.2, 0) is 0 Å². The number of nitrogen functional groups attached to an aromatic ring is 1. The molecular formula is C13H9Cl2FN2O. The molecule has 2 rings (SSSR count). The first-order valence-electron chi connectivity index (χ1n) is 5.29. The van der Waals surface area contributed by atoms with E-state index in [2.05, 4.69) is 5.32 Å². The Balaban J connectivity index is 2.26. The van der Waals surface area contributed by atoms with Crippen LogP contribution in [0.4, 0.5) is 15.8 Å². The Morgan fingerprint density at radius 3 is 2.58 bits per heavy atom. The maximum atomic E-state index is 13.6. The van der Waals surface area contributed by atoms with Gasteiger partial charge in [-0.3, -0.25) is 4.79 Å². The number of carbonyl (C=O) groups is 1. The molecule has 2 aromatic rings.